The summed E-state index contributed by atoms with van der Waals surface area (Å²) >= 11 is 0. The number of nitro groups is 1. The molecule has 0 radical (unpaired) electrons. The number of aliphatic imine (C=N–C) groups is 1. The number of sulfonamides is 1. The average Bonchev–Trinajstić information content (AvgIpc) is 2.68. The van der Waals surface area contributed by atoms with Crippen LogP contribution in [0.2, 0.25) is 0 Å². The molecule has 10 heteroatoms. The molecule has 2 aromatic rings. The van der Waals surface area contributed by atoms with E-state index in [0.29, 0.717) is 25.4 Å². The van der Waals surface area contributed by atoms with Crippen LogP contribution in [0.4, 0.5) is 11.4 Å². The average molecular weight is 421 g/mol. The van der Waals surface area contributed by atoms with Crippen molar-refractivity contribution in [2.45, 2.75) is 25.7 Å². The van der Waals surface area contributed by atoms with Crippen molar-refractivity contribution in [1.29, 1.82) is 0 Å². The fourth-order valence-corrected chi connectivity index (χ4v) is 4.27. The van der Waals surface area contributed by atoms with Gasteiger partial charge in [0.15, 0.2) is 0 Å². The second-order valence-electron chi connectivity index (χ2n) is 5.91. The highest BCUT2D eigenvalue weighted by atomic mass is 32.2. The Bertz CT molecular complexity index is 1020. The number of phenolic OH excluding ortho intramolecular Hbond substituents is 1. The third kappa shape index (κ3) is 5.09. The molecule has 0 aliphatic carbocycles. The Morgan fingerprint density at radius 1 is 1.17 bits per heavy atom. The number of non-ortho nitro benzene ring substituents is 1. The number of benzene rings is 2. The molecular formula is C19H23N3O6S. The number of phenols is 1. The van der Waals surface area contributed by atoms with E-state index >= 15 is 0 Å². The largest absolute Gasteiger partial charge is 0.507 e. The topological polar surface area (TPSA) is 122 Å². The van der Waals surface area contributed by atoms with Crippen molar-refractivity contribution < 1.29 is 23.2 Å². The maximum atomic E-state index is 13.0. The van der Waals surface area contributed by atoms with E-state index in [0.717, 1.165) is 0 Å². The Hall–Kier alpha value is -2.98. The van der Waals surface area contributed by atoms with E-state index in [1.54, 1.807) is 26.8 Å². The summed E-state index contributed by atoms with van der Waals surface area (Å²) < 4.78 is 32.7. The van der Waals surface area contributed by atoms with Crippen LogP contribution in [0.5, 0.6) is 11.5 Å². The second kappa shape index (κ2) is 9.48. The van der Waals surface area contributed by atoms with Crippen LogP contribution < -0.4 is 4.74 Å². The Labute approximate surface area is 169 Å². The van der Waals surface area contributed by atoms with Crippen molar-refractivity contribution in [3.05, 3.63) is 52.1 Å². The van der Waals surface area contributed by atoms with Gasteiger partial charge in [-0.3, -0.25) is 15.1 Å². The van der Waals surface area contributed by atoms with Gasteiger partial charge in [-0.2, -0.15) is 4.31 Å². The molecule has 0 amide bonds. The van der Waals surface area contributed by atoms with E-state index in [4.69, 9.17) is 4.74 Å². The van der Waals surface area contributed by atoms with Gasteiger partial charge in [0.05, 0.1) is 17.2 Å². The normalized spacial score (nSPS) is 11.9. The first kappa shape index (κ1) is 22.3. The van der Waals surface area contributed by atoms with Crippen LogP contribution in [0, 0.1) is 10.1 Å². The SMILES string of the molecule is CCOc1ccc(N=Cc2cc([N+](=O)[O-])ccc2O)cc1S(=O)(=O)N(CC)CC. The van der Waals surface area contributed by atoms with Crippen molar-refractivity contribution in [3.63, 3.8) is 0 Å². The number of ether oxygens (including phenoxy) is 1. The van der Waals surface area contributed by atoms with Gasteiger partial charge in [0.1, 0.15) is 16.4 Å². The summed E-state index contributed by atoms with van der Waals surface area (Å²) in [6.45, 7) is 6.15. The lowest BCUT2D eigenvalue weighted by atomic mass is 10.2. The second-order valence-corrected chi connectivity index (χ2v) is 7.82. The van der Waals surface area contributed by atoms with E-state index in [-0.39, 0.29) is 27.6 Å². The summed E-state index contributed by atoms with van der Waals surface area (Å²) in [4.78, 5) is 14.5. The molecule has 0 bridgehead atoms. The predicted octanol–water partition coefficient (Wildman–Crippen LogP) is 3.48. The third-order valence-corrected chi connectivity index (χ3v) is 6.20. The monoisotopic (exact) mass is 421 g/mol. The molecule has 0 fully saturated rings. The van der Waals surface area contributed by atoms with Crippen LogP contribution in [0.1, 0.15) is 26.3 Å². The molecule has 2 rings (SSSR count). The van der Waals surface area contributed by atoms with Crippen molar-refractivity contribution in [2.24, 2.45) is 4.99 Å². The highest BCUT2D eigenvalue weighted by molar-refractivity contribution is 7.89. The van der Waals surface area contributed by atoms with Crippen LogP contribution >= 0.6 is 0 Å². The van der Waals surface area contributed by atoms with Gasteiger partial charge in [0.25, 0.3) is 5.69 Å². The van der Waals surface area contributed by atoms with E-state index < -0.39 is 14.9 Å². The number of nitrogens with zero attached hydrogens (tertiary/aromatic N) is 3. The van der Waals surface area contributed by atoms with Gasteiger partial charge >= 0.3 is 0 Å². The van der Waals surface area contributed by atoms with Crippen LogP contribution in [0.3, 0.4) is 0 Å². The molecule has 156 valence electrons. The first-order valence-electron chi connectivity index (χ1n) is 9.03. The maximum absolute atomic E-state index is 13.0. The van der Waals surface area contributed by atoms with Gasteiger partial charge in [-0.25, -0.2) is 8.42 Å². The highest BCUT2D eigenvalue weighted by Gasteiger charge is 2.26. The molecule has 0 atom stereocenters. The molecule has 0 aliphatic heterocycles. The predicted molar refractivity (Wildman–Crippen MR) is 110 cm³/mol. The smallest absolute Gasteiger partial charge is 0.270 e. The lowest BCUT2D eigenvalue weighted by Gasteiger charge is -2.20. The Balaban J connectivity index is 2.50. The Kier molecular flexibility index (Phi) is 7.29. The molecule has 0 spiro atoms. The molecule has 0 aliphatic rings. The molecule has 0 heterocycles. The first-order chi connectivity index (χ1) is 13.7. The van der Waals surface area contributed by atoms with Gasteiger partial charge in [0.2, 0.25) is 10.0 Å². The molecule has 0 saturated heterocycles. The molecule has 9 nitrogen and oxygen atoms in total. The number of hydrogen-bond acceptors (Lipinski definition) is 7. The molecular weight excluding hydrogens is 398 g/mol. The van der Waals surface area contributed by atoms with E-state index in [1.165, 1.54) is 40.9 Å². The molecule has 0 aromatic heterocycles. The lowest BCUT2D eigenvalue weighted by molar-refractivity contribution is -0.384. The fourth-order valence-electron chi connectivity index (χ4n) is 2.66. The number of rotatable bonds is 9. The van der Waals surface area contributed by atoms with Gasteiger partial charge < -0.3 is 9.84 Å². The Morgan fingerprint density at radius 3 is 2.45 bits per heavy atom. The third-order valence-electron chi connectivity index (χ3n) is 4.13. The minimum atomic E-state index is -3.79. The van der Waals surface area contributed by atoms with Crippen molar-refractivity contribution >= 4 is 27.6 Å². The summed E-state index contributed by atoms with van der Waals surface area (Å²) in [5.74, 6) is 0.0396. The van der Waals surface area contributed by atoms with Crippen molar-refractivity contribution in [1.82, 2.24) is 4.31 Å². The van der Waals surface area contributed by atoms with Crippen LogP contribution in [-0.2, 0) is 10.0 Å². The zero-order valence-corrected chi connectivity index (χ0v) is 17.2. The van der Waals surface area contributed by atoms with Crippen LogP contribution in [0.15, 0.2) is 46.3 Å². The van der Waals surface area contributed by atoms with Gasteiger partial charge in [-0.05, 0) is 31.2 Å². The maximum Gasteiger partial charge on any atom is 0.270 e. The van der Waals surface area contributed by atoms with Crippen LogP contribution in [-0.4, -0.2) is 48.7 Å². The summed E-state index contributed by atoms with van der Waals surface area (Å²) in [5.41, 5.74) is 0.243. The summed E-state index contributed by atoms with van der Waals surface area (Å²) in [7, 11) is -3.79. The molecule has 1 N–H and O–H groups in total. The molecule has 2 aromatic carbocycles. The van der Waals surface area contributed by atoms with E-state index in [1.807, 2.05) is 0 Å². The minimum absolute atomic E-state index is 0.0130. The zero-order chi connectivity index (χ0) is 21.6. The summed E-state index contributed by atoms with van der Waals surface area (Å²) in [6.07, 6.45) is 1.24. The van der Waals surface area contributed by atoms with Crippen molar-refractivity contribution in [3.8, 4) is 11.5 Å². The minimum Gasteiger partial charge on any atom is -0.507 e. The summed E-state index contributed by atoms with van der Waals surface area (Å²) in [6, 6.07) is 8.02. The van der Waals surface area contributed by atoms with Gasteiger partial charge in [0, 0.05) is 37.0 Å². The highest BCUT2D eigenvalue weighted by Crippen LogP contribution is 2.31. The van der Waals surface area contributed by atoms with Gasteiger partial charge in [-0.15, -0.1) is 0 Å². The summed E-state index contributed by atoms with van der Waals surface area (Å²) in [5, 5.41) is 20.8. The number of nitro benzene ring substituents is 1. The Morgan fingerprint density at radius 2 is 1.86 bits per heavy atom. The fraction of sp³-hybridized carbons (Fsp3) is 0.316. The van der Waals surface area contributed by atoms with Crippen molar-refractivity contribution in [2.75, 3.05) is 19.7 Å². The number of aromatic hydroxyl groups is 1. The van der Waals surface area contributed by atoms with E-state index in [2.05, 4.69) is 4.99 Å². The quantitative estimate of drug-likeness (QED) is 0.376. The van der Waals surface area contributed by atoms with Crippen LogP contribution in [0.25, 0.3) is 0 Å². The molecule has 29 heavy (non-hydrogen) atoms. The molecule has 0 unspecified atom stereocenters. The van der Waals surface area contributed by atoms with E-state index in [9.17, 15) is 23.6 Å². The number of hydrogen-bond donors (Lipinski definition) is 1. The standard InChI is InChI=1S/C19H23N3O6S/c1-4-21(5-2)29(26,27)19-12-15(7-10-18(19)28-6-3)20-13-14-11-16(22(24)25)8-9-17(14)23/h7-13,23H,4-6H2,1-3H3. The lowest BCUT2D eigenvalue weighted by Crippen LogP contribution is -2.30. The van der Waals surface area contributed by atoms with Gasteiger partial charge in [-0.1, -0.05) is 13.8 Å². The zero-order valence-electron chi connectivity index (χ0n) is 16.4. The first-order valence-corrected chi connectivity index (χ1v) is 10.5. The molecule has 0 saturated carbocycles.